The van der Waals surface area contributed by atoms with Crippen molar-refractivity contribution in [1.82, 2.24) is 0 Å². The van der Waals surface area contributed by atoms with Gasteiger partial charge in [0.25, 0.3) is 0 Å². The molecule has 0 aromatic heterocycles. The van der Waals surface area contributed by atoms with Crippen LogP contribution in [0.2, 0.25) is 0 Å². The second-order valence-electron chi connectivity index (χ2n) is 3.78. The van der Waals surface area contributed by atoms with Crippen LogP contribution in [0.3, 0.4) is 0 Å². The molecule has 68 valence electrons. The van der Waals surface area contributed by atoms with E-state index in [0.717, 1.165) is 24.8 Å². The molecule has 2 unspecified atom stereocenters. The Labute approximate surface area is 75.7 Å². The van der Waals surface area contributed by atoms with Crippen molar-refractivity contribution < 1.29 is 0 Å². The maximum atomic E-state index is 5.69. The SMILES string of the molecule is C#CCCCC1CCCC1CN. The van der Waals surface area contributed by atoms with Crippen LogP contribution >= 0.6 is 0 Å². The van der Waals surface area contributed by atoms with Gasteiger partial charge in [0.1, 0.15) is 0 Å². The molecule has 0 amide bonds. The highest BCUT2D eigenvalue weighted by molar-refractivity contribution is 4.85. The first-order chi connectivity index (χ1) is 5.88. The molecule has 0 aromatic rings. The van der Waals surface area contributed by atoms with Gasteiger partial charge in [0.2, 0.25) is 0 Å². The summed E-state index contributed by atoms with van der Waals surface area (Å²) in [6, 6.07) is 0. The number of hydrogen-bond donors (Lipinski definition) is 1. The first kappa shape index (κ1) is 9.61. The Morgan fingerprint density at radius 2 is 2.08 bits per heavy atom. The van der Waals surface area contributed by atoms with Gasteiger partial charge in [-0.25, -0.2) is 0 Å². The Hall–Kier alpha value is -0.480. The van der Waals surface area contributed by atoms with E-state index in [1.54, 1.807) is 0 Å². The number of rotatable bonds is 4. The quantitative estimate of drug-likeness (QED) is 0.501. The second-order valence-corrected chi connectivity index (χ2v) is 3.78. The molecule has 2 atom stereocenters. The summed E-state index contributed by atoms with van der Waals surface area (Å²) >= 11 is 0. The molecule has 1 saturated carbocycles. The molecule has 1 aliphatic rings. The van der Waals surface area contributed by atoms with E-state index >= 15 is 0 Å². The van der Waals surface area contributed by atoms with Crippen molar-refractivity contribution in [2.75, 3.05) is 6.54 Å². The zero-order valence-corrected chi connectivity index (χ0v) is 7.76. The van der Waals surface area contributed by atoms with Crippen LogP contribution in [0.1, 0.15) is 38.5 Å². The number of hydrogen-bond acceptors (Lipinski definition) is 1. The molecular formula is C11H19N. The molecule has 1 nitrogen and oxygen atoms in total. The van der Waals surface area contributed by atoms with E-state index in [4.69, 9.17) is 12.2 Å². The summed E-state index contributed by atoms with van der Waals surface area (Å²) in [6.45, 7) is 0.876. The number of unbranched alkanes of at least 4 members (excludes halogenated alkanes) is 1. The molecule has 0 bridgehead atoms. The fraction of sp³-hybridized carbons (Fsp3) is 0.818. The van der Waals surface area contributed by atoms with Crippen LogP contribution in [0.5, 0.6) is 0 Å². The summed E-state index contributed by atoms with van der Waals surface area (Å²) in [5.41, 5.74) is 5.69. The molecule has 1 heteroatoms. The molecule has 1 aliphatic carbocycles. The van der Waals surface area contributed by atoms with Gasteiger partial charge in [0.15, 0.2) is 0 Å². The van der Waals surface area contributed by atoms with Crippen LogP contribution in [-0.2, 0) is 0 Å². The van der Waals surface area contributed by atoms with Crippen LogP contribution < -0.4 is 5.73 Å². The summed E-state index contributed by atoms with van der Waals surface area (Å²) in [5, 5.41) is 0. The molecule has 0 aromatic carbocycles. The van der Waals surface area contributed by atoms with Gasteiger partial charge in [0, 0.05) is 6.42 Å². The van der Waals surface area contributed by atoms with Gasteiger partial charge in [-0.3, -0.25) is 0 Å². The smallest absolute Gasteiger partial charge is 0.00861 e. The Morgan fingerprint density at radius 3 is 2.75 bits per heavy atom. The molecule has 0 spiro atoms. The van der Waals surface area contributed by atoms with Crippen molar-refractivity contribution in [3.8, 4) is 12.3 Å². The molecule has 0 radical (unpaired) electrons. The fourth-order valence-corrected chi connectivity index (χ4v) is 2.27. The predicted octanol–water partition coefficient (Wildman–Crippen LogP) is 2.16. The maximum Gasteiger partial charge on any atom is 0.00861 e. The van der Waals surface area contributed by atoms with Crippen LogP contribution in [0, 0.1) is 24.2 Å². The molecule has 12 heavy (non-hydrogen) atoms. The average molecular weight is 165 g/mol. The third kappa shape index (κ3) is 2.53. The van der Waals surface area contributed by atoms with Crippen LogP contribution in [0.4, 0.5) is 0 Å². The zero-order valence-electron chi connectivity index (χ0n) is 7.76. The second kappa shape index (κ2) is 5.22. The van der Waals surface area contributed by atoms with Crippen molar-refractivity contribution in [1.29, 1.82) is 0 Å². The summed E-state index contributed by atoms with van der Waals surface area (Å²) < 4.78 is 0. The summed E-state index contributed by atoms with van der Waals surface area (Å²) in [5.74, 6) is 4.37. The summed E-state index contributed by atoms with van der Waals surface area (Å²) in [7, 11) is 0. The predicted molar refractivity (Wildman–Crippen MR) is 52.6 cm³/mol. The molecule has 0 heterocycles. The highest BCUT2D eigenvalue weighted by atomic mass is 14.6. The highest BCUT2D eigenvalue weighted by Crippen LogP contribution is 2.34. The molecule has 1 fully saturated rings. The van der Waals surface area contributed by atoms with E-state index in [9.17, 15) is 0 Å². The van der Waals surface area contributed by atoms with Crippen LogP contribution in [0.15, 0.2) is 0 Å². The summed E-state index contributed by atoms with van der Waals surface area (Å²) in [4.78, 5) is 0. The van der Waals surface area contributed by atoms with Crippen molar-refractivity contribution in [2.24, 2.45) is 17.6 Å². The van der Waals surface area contributed by atoms with Crippen molar-refractivity contribution in [3.05, 3.63) is 0 Å². The number of terminal acetylenes is 1. The van der Waals surface area contributed by atoms with Crippen LogP contribution in [-0.4, -0.2) is 6.54 Å². The van der Waals surface area contributed by atoms with Crippen molar-refractivity contribution in [2.45, 2.75) is 38.5 Å². The lowest BCUT2D eigenvalue weighted by Crippen LogP contribution is -2.18. The van der Waals surface area contributed by atoms with Gasteiger partial charge in [-0.2, -0.15) is 0 Å². The van der Waals surface area contributed by atoms with Gasteiger partial charge < -0.3 is 5.73 Å². The highest BCUT2D eigenvalue weighted by Gasteiger charge is 2.24. The zero-order chi connectivity index (χ0) is 8.81. The first-order valence-corrected chi connectivity index (χ1v) is 5.02. The Balaban J connectivity index is 2.18. The van der Waals surface area contributed by atoms with Crippen LogP contribution in [0.25, 0.3) is 0 Å². The topological polar surface area (TPSA) is 26.0 Å². The minimum Gasteiger partial charge on any atom is -0.330 e. The molecule has 1 rings (SSSR count). The van der Waals surface area contributed by atoms with E-state index in [-0.39, 0.29) is 0 Å². The fourth-order valence-electron chi connectivity index (χ4n) is 2.27. The van der Waals surface area contributed by atoms with Gasteiger partial charge in [-0.05, 0) is 37.6 Å². The van der Waals surface area contributed by atoms with Gasteiger partial charge in [-0.1, -0.05) is 12.8 Å². The van der Waals surface area contributed by atoms with E-state index in [1.807, 2.05) is 0 Å². The monoisotopic (exact) mass is 165 g/mol. The third-order valence-electron chi connectivity index (χ3n) is 3.02. The van der Waals surface area contributed by atoms with E-state index < -0.39 is 0 Å². The van der Waals surface area contributed by atoms with E-state index in [1.165, 1.54) is 32.1 Å². The van der Waals surface area contributed by atoms with E-state index in [0.29, 0.717) is 0 Å². The molecule has 0 aliphatic heterocycles. The third-order valence-corrected chi connectivity index (χ3v) is 3.02. The van der Waals surface area contributed by atoms with E-state index in [2.05, 4.69) is 5.92 Å². The first-order valence-electron chi connectivity index (χ1n) is 5.02. The maximum absolute atomic E-state index is 5.69. The van der Waals surface area contributed by atoms with Gasteiger partial charge in [0.05, 0.1) is 0 Å². The molecule has 2 N–H and O–H groups in total. The lowest BCUT2D eigenvalue weighted by molar-refractivity contribution is 0.365. The Kier molecular flexibility index (Phi) is 4.18. The average Bonchev–Trinajstić information content (AvgIpc) is 2.52. The standard InChI is InChI=1S/C11H19N/c1-2-3-4-6-10-7-5-8-11(10)9-12/h1,10-11H,3-9,12H2. The van der Waals surface area contributed by atoms with Crippen molar-refractivity contribution >= 4 is 0 Å². The largest absolute Gasteiger partial charge is 0.330 e. The van der Waals surface area contributed by atoms with Crippen molar-refractivity contribution in [3.63, 3.8) is 0 Å². The molecule has 0 saturated heterocycles. The minimum atomic E-state index is 0.794. The number of nitrogens with two attached hydrogens (primary N) is 1. The van der Waals surface area contributed by atoms with Gasteiger partial charge >= 0.3 is 0 Å². The van der Waals surface area contributed by atoms with Gasteiger partial charge in [-0.15, -0.1) is 12.3 Å². The summed E-state index contributed by atoms with van der Waals surface area (Å²) in [6.07, 6.45) is 12.7. The normalized spacial score (nSPS) is 28.7. The lowest BCUT2D eigenvalue weighted by Gasteiger charge is -2.16. The Bertz CT molecular complexity index is 157. The Morgan fingerprint density at radius 1 is 1.33 bits per heavy atom. The minimum absolute atomic E-state index is 0.794. The lowest BCUT2D eigenvalue weighted by atomic mass is 9.91. The molecular weight excluding hydrogens is 146 g/mol.